The fraction of sp³-hybridized carbons (Fsp3) is 0.273. The molecular formula is C11H11NO5. The molecule has 0 aliphatic rings. The van der Waals surface area contributed by atoms with Gasteiger partial charge in [-0.25, -0.2) is 4.79 Å². The van der Waals surface area contributed by atoms with Crippen molar-refractivity contribution in [1.82, 2.24) is 5.16 Å². The van der Waals surface area contributed by atoms with Crippen LogP contribution in [-0.4, -0.2) is 19.4 Å². The molecule has 2 aromatic rings. The predicted molar refractivity (Wildman–Crippen MR) is 57.4 cm³/mol. The largest absolute Gasteiger partial charge is 0.542 e. The maximum absolute atomic E-state index is 10.7. The zero-order valence-electron chi connectivity index (χ0n) is 9.43. The van der Waals surface area contributed by atoms with Crippen LogP contribution >= 0.6 is 0 Å². The van der Waals surface area contributed by atoms with Crippen LogP contribution in [0.1, 0.15) is 11.5 Å². The molecule has 0 amide bonds. The Balaban J connectivity index is 2.25. The van der Waals surface area contributed by atoms with Crippen molar-refractivity contribution in [2.45, 2.75) is 6.42 Å². The minimum Gasteiger partial charge on any atom is -0.493 e. The van der Waals surface area contributed by atoms with Gasteiger partial charge in [0.25, 0.3) is 0 Å². The molecule has 17 heavy (non-hydrogen) atoms. The van der Waals surface area contributed by atoms with E-state index in [4.69, 9.17) is 13.9 Å². The molecule has 6 heteroatoms. The topological polar surface area (TPSA) is 74.7 Å². The monoisotopic (exact) mass is 237 g/mol. The van der Waals surface area contributed by atoms with E-state index in [1.165, 1.54) is 0 Å². The highest BCUT2D eigenvalue weighted by molar-refractivity contribution is 5.43. The van der Waals surface area contributed by atoms with Crippen molar-refractivity contribution in [2.24, 2.45) is 0 Å². The second-order valence-corrected chi connectivity index (χ2v) is 3.29. The van der Waals surface area contributed by atoms with Gasteiger partial charge in [0.1, 0.15) is 0 Å². The number of methoxy groups -OCH3 is 2. The van der Waals surface area contributed by atoms with Gasteiger partial charge in [0, 0.05) is 0 Å². The van der Waals surface area contributed by atoms with Crippen molar-refractivity contribution < 1.29 is 18.4 Å². The lowest BCUT2D eigenvalue weighted by Crippen LogP contribution is -1.94. The molecule has 0 radical (unpaired) electrons. The van der Waals surface area contributed by atoms with E-state index in [1.54, 1.807) is 26.4 Å². The van der Waals surface area contributed by atoms with Crippen molar-refractivity contribution in [3.05, 3.63) is 40.3 Å². The van der Waals surface area contributed by atoms with Gasteiger partial charge in [0.2, 0.25) is 5.89 Å². The Hall–Kier alpha value is -2.24. The van der Waals surface area contributed by atoms with E-state index in [1.807, 2.05) is 6.07 Å². The standard InChI is InChI=1S/C11H11NO5/c1-14-8-4-3-7(5-9(8)15-2)6-10-12-17-11(13)16-10/h3-5H,6H2,1-2H3. The number of aromatic nitrogens is 1. The Bertz CT molecular complexity index is 557. The lowest BCUT2D eigenvalue weighted by molar-refractivity contribution is 0.334. The third kappa shape index (κ3) is 2.47. The Morgan fingerprint density at radius 2 is 2.00 bits per heavy atom. The molecular weight excluding hydrogens is 226 g/mol. The highest BCUT2D eigenvalue weighted by Crippen LogP contribution is 2.28. The molecule has 0 fully saturated rings. The van der Waals surface area contributed by atoms with E-state index in [2.05, 4.69) is 9.68 Å². The van der Waals surface area contributed by atoms with Gasteiger partial charge in [-0.1, -0.05) is 6.07 Å². The summed E-state index contributed by atoms with van der Waals surface area (Å²) in [5.74, 6) is 0.663. The Morgan fingerprint density at radius 1 is 1.24 bits per heavy atom. The quantitative estimate of drug-likeness (QED) is 0.796. The summed E-state index contributed by atoms with van der Waals surface area (Å²) in [4.78, 5) is 10.7. The summed E-state index contributed by atoms with van der Waals surface area (Å²) >= 11 is 0. The zero-order valence-corrected chi connectivity index (χ0v) is 9.43. The average Bonchev–Trinajstić information content (AvgIpc) is 2.74. The lowest BCUT2D eigenvalue weighted by Gasteiger charge is -2.08. The van der Waals surface area contributed by atoms with Crippen molar-refractivity contribution in [3.8, 4) is 11.5 Å². The molecule has 0 saturated carbocycles. The minimum absolute atomic E-state index is 0.224. The average molecular weight is 237 g/mol. The van der Waals surface area contributed by atoms with Crippen LogP contribution in [0.25, 0.3) is 0 Å². The van der Waals surface area contributed by atoms with Crippen molar-refractivity contribution in [1.29, 1.82) is 0 Å². The van der Waals surface area contributed by atoms with E-state index >= 15 is 0 Å². The van der Waals surface area contributed by atoms with E-state index in [9.17, 15) is 4.79 Å². The number of rotatable bonds is 4. The molecule has 0 bridgehead atoms. The minimum atomic E-state index is -0.805. The molecule has 6 nitrogen and oxygen atoms in total. The lowest BCUT2D eigenvalue weighted by atomic mass is 10.1. The van der Waals surface area contributed by atoms with Crippen molar-refractivity contribution >= 4 is 0 Å². The molecule has 0 N–H and O–H groups in total. The van der Waals surface area contributed by atoms with Crippen molar-refractivity contribution in [2.75, 3.05) is 14.2 Å². The molecule has 0 unspecified atom stereocenters. The fourth-order valence-electron chi connectivity index (χ4n) is 1.46. The van der Waals surface area contributed by atoms with Gasteiger partial charge in [0.15, 0.2) is 11.5 Å². The van der Waals surface area contributed by atoms with E-state index < -0.39 is 5.82 Å². The molecule has 90 valence electrons. The summed E-state index contributed by atoms with van der Waals surface area (Å²) in [6.07, 6.45) is 0.353. The van der Waals surface area contributed by atoms with Crippen LogP contribution in [0.3, 0.4) is 0 Å². The number of benzene rings is 1. The Kier molecular flexibility index (Phi) is 3.13. The van der Waals surface area contributed by atoms with Crippen LogP contribution in [-0.2, 0) is 6.42 Å². The Morgan fingerprint density at radius 3 is 2.59 bits per heavy atom. The fourth-order valence-corrected chi connectivity index (χ4v) is 1.46. The van der Waals surface area contributed by atoms with Crippen LogP contribution in [0.15, 0.2) is 31.9 Å². The van der Waals surface area contributed by atoms with E-state index in [0.29, 0.717) is 17.9 Å². The number of hydrogen-bond donors (Lipinski definition) is 0. The van der Waals surface area contributed by atoms with Crippen LogP contribution in [0.2, 0.25) is 0 Å². The number of nitrogens with zero attached hydrogens (tertiary/aromatic N) is 1. The third-order valence-corrected chi connectivity index (χ3v) is 2.23. The molecule has 0 saturated heterocycles. The van der Waals surface area contributed by atoms with Gasteiger partial charge in [-0.15, -0.1) is 0 Å². The zero-order chi connectivity index (χ0) is 12.3. The summed E-state index contributed by atoms with van der Waals surface area (Å²) in [6, 6.07) is 5.38. The van der Waals surface area contributed by atoms with Crippen LogP contribution < -0.4 is 15.3 Å². The first-order chi connectivity index (χ1) is 8.22. The van der Waals surface area contributed by atoms with Crippen LogP contribution in [0.5, 0.6) is 11.5 Å². The van der Waals surface area contributed by atoms with Gasteiger partial charge < -0.3 is 13.9 Å². The second-order valence-electron chi connectivity index (χ2n) is 3.29. The molecule has 0 atom stereocenters. The SMILES string of the molecule is COc1ccc(Cc2noc(=O)o2)cc1OC. The molecule has 1 aromatic heterocycles. The normalized spacial score (nSPS) is 10.2. The predicted octanol–water partition coefficient (Wildman–Crippen LogP) is 1.24. The van der Waals surface area contributed by atoms with Gasteiger partial charge in [-0.05, 0) is 22.9 Å². The van der Waals surface area contributed by atoms with Crippen LogP contribution in [0, 0.1) is 0 Å². The van der Waals surface area contributed by atoms with Crippen molar-refractivity contribution in [3.63, 3.8) is 0 Å². The molecule has 0 aliphatic heterocycles. The van der Waals surface area contributed by atoms with Gasteiger partial charge >= 0.3 is 5.82 Å². The molecule has 0 spiro atoms. The summed E-state index contributed by atoms with van der Waals surface area (Å²) < 4.78 is 19.3. The summed E-state index contributed by atoms with van der Waals surface area (Å²) in [5.41, 5.74) is 0.875. The number of ether oxygens (including phenoxy) is 2. The first kappa shape index (κ1) is 11.3. The highest BCUT2D eigenvalue weighted by Gasteiger charge is 2.08. The summed E-state index contributed by atoms with van der Waals surface area (Å²) in [7, 11) is 3.12. The van der Waals surface area contributed by atoms with Gasteiger partial charge in [-0.3, -0.25) is 4.52 Å². The second kappa shape index (κ2) is 4.73. The van der Waals surface area contributed by atoms with Gasteiger partial charge in [-0.2, -0.15) is 0 Å². The molecule has 0 aliphatic carbocycles. The smallest absolute Gasteiger partial charge is 0.493 e. The first-order valence-corrected chi connectivity index (χ1v) is 4.89. The molecule has 2 rings (SSSR count). The third-order valence-electron chi connectivity index (χ3n) is 2.23. The van der Waals surface area contributed by atoms with E-state index in [0.717, 1.165) is 5.56 Å². The molecule has 1 heterocycles. The van der Waals surface area contributed by atoms with Crippen LogP contribution in [0.4, 0.5) is 0 Å². The summed E-state index contributed by atoms with van der Waals surface area (Å²) in [6.45, 7) is 0. The van der Waals surface area contributed by atoms with Gasteiger partial charge in [0.05, 0.1) is 20.6 Å². The maximum atomic E-state index is 10.7. The maximum Gasteiger partial charge on any atom is 0.542 e. The summed E-state index contributed by atoms with van der Waals surface area (Å²) in [5, 5.41) is 3.48. The highest BCUT2D eigenvalue weighted by atomic mass is 16.6. The van der Waals surface area contributed by atoms with E-state index in [-0.39, 0.29) is 5.89 Å². The number of hydrogen-bond acceptors (Lipinski definition) is 6. The molecule has 1 aromatic carbocycles. The Labute approximate surface area is 96.7 Å². The first-order valence-electron chi connectivity index (χ1n) is 4.89.